The van der Waals surface area contributed by atoms with Crippen molar-refractivity contribution in [3.8, 4) is 11.5 Å². The number of nitrogens with one attached hydrogen (secondary N) is 1. The molecule has 4 N–H and O–H groups in total. The predicted octanol–water partition coefficient (Wildman–Crippen LogP) is 2.42. The van der Waals surface area contributed by atoms with E-state index in [-0.39, 0.29) is 5.75 Å². The van der Waals surface area contributed by atoms with E-state index in [1.54, 1.807) is 24.3 Å². The summed E-state index contributed by atoms with van der Waals surface area (Å²) in [6, 6.07) is 10.6. The summed E-state index contributed by atoms with van der Waals surface area (Å²) in [7, 11) is 1.51. The molecule has 0 radical (unpaired) electrons. The SMILES string of the molecule is COc1ccc(CNc2cccc(C(N)=O)c2C)cc1O. The van der Waals surface area contributed by atoms with Gasteiger partial charge in [0.15, 0.2) is 11.5 Å². The maximum atomic E-state index is 11.3. The molecule has 0 aliphatic rings. The van der Waals surface area contributed by atoms with E-state index >= 15 is 0 Å². The number of carbonyl (C=O) groups excluding carboxylic acids is 1. The number of nitrogens with two attached hydrogens (primary N) is 1. The molecule has 0 bridgehead atoms. The number of anilines is 1. The van der Waals surface area contributed by atoms with Gasteiger partial charge in [-0.3, -0.25) is 4.79 Å². The summed E-state index contributed by atoms with van der Waals surface area (Å²) >= 11 is 0. The van der Waals surface area contributed by atoms with Gasteiger partial charge in [-0.05, 0) is 42.3 Å². The first-order valence-electron chi connectivity index (χ1n) is 6.52. The molecule has 0 atom stereocenters. The lowest BCUT2D eigenvalue weighted by Gasteiger charge is -2.12. The Balaban J connectivity index is 2.15. The summed E-state index contributed by atoms with van der Waals surface area (Å²) < 4.78 is 5.00. The number of aromatic hydroxyl groups is 1. The van der Waals surface area contributed by atoms with Crippen molar-refractivity contribution in [2.45, 2.75) is 13.5 Å². The highest BCUT2D eigenvalue weighted by molar-refractivity contribution is 5.95. The van der Waals surface area contributed by atoms with E-state index in [1.165, 1.54) is 7.11 Å². The zero-order valence-corrected chi connectivity index (χ0v) is 12.0. The van der Waals surface area contributed by atoms with Gasteiger partial charge in [0.2, 0.25) is 5.91 Å². The van der Waals surface area contributed by atoms with Crippen molar-refractivity contribution in [2.24, 2.45) is 5.73 Å². The van der Waals surface area contributed by atoms with Crippen LogP contribution in [0.1, 0.15) is 21.5 Å². The summed E-state index contributed by atoms with van der Waals surface area (Å²) in [6.07, 6.45) is 0. The van der Waals surface area contributed by atoms with Gasteiger partial charge in [-0.15, -0.1) is 0 Å². The number of carbonyl (C=O) groups is 1. The minimum Gasteiger partial charge on any atom is -0.504 e. The second-order valence-corrected chi connectivity index (χ2v) is 4.70. The van der Waals surface area contributed by atoms with Gasteiger partial charge >= 0.3 is 0 Å². The summed E-state index contributed by atoms with van der Waals surface area (Å²) in [5.74, 6) is 0.0864. The minimum atomic E-state index is -0.446. The number of rotatable bonds is 5. The van der Waals surface area contributed by atoms with Crippen molar-refractivity contribution in [1.29, 1.82) is 0 Å². The number of phenols is 1. The van der Waals surface area contributed by atoms with Crippen LogP contribution in [0.3, 0.4) is 0 Å². The molecule has 0 aliphatic heterocycles. The van der Waals surface area contributed by atoms with Gasteiger partial charge in [-0.2, -0.15) is 0 Å². The van der Waals surface area contributed by atoms with Crippen LogP contribution in [-0.2, 0) is 6.54 Å². The lowest BCUT2D eigenvalue weighted by molar-refractivity contribution is 0.1000. The molecule has 2 aromatic carbocycles. The number of amides is 1. The third-order valence-corrected chi connectivity index (χ3v) is 3.33. The molecule has 110 valence electrons. The second-order valence-electron chi connectivity index (χ2n) is 4.70. The van der Waals surface area contributed by atoms with Crippen molar-refractivity contribution in [2.75, 3.05) is 12.4 Å². The molecule has 0 aliphatic carbocycles. The first-order chi connectivity index (χ1) is 10.0. The van der Waals surface area contributed by atoms with Crippen LogP contribution in [0, 0.1) is 6.92 Å². The van der Waals surface area contributed by atoms with Crippen LogP contribution in [0.2, 0.25) is 0 Å². The second kappa shape index (κ2) is 6.17. The molecule has 0 heterocycles. The van der Waals surface area contributed by atoms with Gasteiger partial charge in [0.25, 0.3) is 0 Å². The van der Waals surface area contributed by atoms with Crippen LogP contribution in [0.15, 0.2) is 36.4 Å². The summed E-state index contributed by atoms with van der Waals surface area (Å²) in [5.41, 5.74) is 8.37. The van der Waals surface area contributed by atoms with Gasteiger partial charge in [-0.25, -0.2) is 0 Å². The van der Waals surface area contributed by atoms with E-state index in [2.05, 4.69) is 5.32 Å². The fourth-order valence-corrected chi connectivity index (χ4v) is 2.14. The van der Waals surface area contributed by atoms with Crippen LogP contribution < -0.4 is 15.8 Å². The Hall–Kier alpha value is -2.69. The monoisotopic (exact) mass is 286 g/mol. The number of hydrogen-bond acceptors (Lipinski definition) is 4. The van der Waals surface area contributed by atoms with Crippen molar-refractivity contribution in [3.05, 3.63) is 53.1 Å². The quantitative estimate of drug-likeness (QED) is 0.788. The molecule has 2 rings (SSSR count). The Labute approximate surface area is 123 Å². The molecule has 0 unspecified atom stereocenters. The van der Waals surface area contributed by atoms with E-state index in [1.807, 2.05) is 19.1 Å². The van der Waals surface area contributed by atoms with Gasteiger partial charge in [-0.1, -0.05) is 12.1 Å². The summed E-state index contributed by atoms with van der Waals surface area (Å²) in [6.45, 7) is 2.36. The average Bonchev–Trinajstić information content (AvgIpc) is 2.46. The maximum absolute atomic E-state index is 11.3. The Morgan fingerprint density at radius 3 is 2.71 bits per heavy atom. The van der Waals surface area contributed by atoms with Gasteiger partial charge in [0.1, 0.15) is 0 Å². The van der Waals surface area contributed by atoms with E-state index in [4.69, 9.17) is 10.5 Å². The predicted molar refractivity (Wildman–Crippen MR) is 81.7 cm³/mol. The first-order valence-corrected chi connectivity index (χ1v) is 6.52. The Kier molecular flexibility index (Phi) is 4.33. The normalized spacial score (nSPS) is 10.2. The molecule has 0 fully saturated rings. The minimum absolute atomic E-state index is 0.0967. The van der Waals surface area contributed by atoms with Crippen LogP contribution >= 0.6 is 0 Å². The molecule has 0 saturated heterocycles. The van der Waals surface area contributed by atoms with Gasteiger partial charge in [0, 0.05) is 17.8 Å². The zero-order valence-electron chi connectivity index (χ0n) is 12.0. The van der Waals surface area contributed by atoms with Crippen LogP contribution in [0.25, 0.3) is 0 Å². The molecular weight excluding hydrogens is 268 g/mol. The van der Waals surface area contributed by atoms with E-state index in [0.717, 1.165) is 16.8 Å². The molecule has 2 aromatic rings. The fraction of sp³-hybridized carbons (Fsp3) is 0.188. The molecule has 0 spiro atoms. The summed E-state index contributed by atoms with van der Waals surface area (Å²) in [5, 5.41) is 13.0. The van der Waals surface area contributed by atoms with Crippen molar-refractivity contribution >= 4 is 11.6 Å². The van der Waals surface area contributed by atoms with Crippen LogP contribution in [-0.4, -0.2) is 18.1 Å². The average molecular weight is 286 g/mol. The number of benzene rings is 2. The lowest BCUT2D eigenvalue weighted by atomic mass is 10.1. The summed E-state index contributed by atoms with van der Waals surface area (Å²) in [4.78, 5) is 11.3. The van der Waals surface area contributed by atoms with E-state index in [9.17, 15) is 9.90 Å². The van der Waals surface area contributed by atoms with Gasteiger partial charge in [0.05, 0.1) is 7.11 Å². The topological polar surface area (TPSA) is 84.6 Å². The largest absolute Gasteiger partial charge is 0.504 e. The van der Waals surface area contributed by atoms with Crippen molar-refractivity contribution < 1.29 is 14.6 Å². The Morgan fingerprint density at radius 2 is 2.10 bits per heavy atom. The highest BCUT2D eigenvalue weighted by Gasteiger charge is 2.08. The number of ether oxygens (including phenoxy) is 1. The number of methoxy groups -OCH3 is 1. The highest BCUT2D eigenvalue weighted by Crippen LogP contribution is 2.27. The molecule has 0 aromatic heterocycles. The fourth-order valence-electron chi connectivity index (χ4n) is 2.14. The van der Waals surface area contributed by atoms with Crippen LogP contribution in [0.5, 0.6) is 11.5 Å². The highest BCUT2D eigenvalue weighted by atomic mass is 16.5. The number of hydrogen-bond donors (Lipinski definition) is 3. The van der Waals surface area contributed by atoms with Crippen molar-refractivity contribution in [3.63, 3.8) is 0 Å². The molecule has 1 amide bonds. The maximum Gasteiger partial charge on any atom is 0.249 e. The third kappa shape index (κ3) is 3.25. The number of primary amides is 1. The Morgan fingerprint density at radius 1 is 1.33 bits per heavy atom. The van der Waals surface area contributed by atoms with Crippen molar-refractivity contribution in [1.82, 2.24) is 0 Å². The zero-order chi connectivity index (χ0) is 15.4. The van der Waals surface area contributed by atoms with E-state index in [0.29, 0.717) is 17.9 Å². The molecule has 5 heteroatoms. The van der Waals surface area contributed by atoms with Gasteiger partial charge < -0.3 is 20.9 Å². The number of phenolic OH excluding ortho intramolecular Hbond substituents is 1. The standard InChI is InChI=1S/C16H18N2O3/c1-10-12(16(17)20)4-3-5-13(10)18-9-11-6-7-15(21-2)14(19)8-11/h3-8,18-19H,9H2,1-2H3,(H2,17,20). The first kappa shape index (κ1) is 14.7. The molecular formula is C16H18N2O3. The lowest BCUT2D eigenvalue weighted by Crippen LogP contribution is -2.13. The smallest absolute Gasteiger partial charge is 0.249 e. The molecule has 0 saturated carbocycles. The molecule has 5 nitrogen and oxygen atoms in total. The van der Waals surface area contributed by atoms with E-state index < -0.39 is 5.91 Å². The Bertz CT molecular complexity index is 669. The third-order valence-electron chi connectivity index (χ3n) is 3.33. The molecule has 21 heavy (non-hydrogen) atoms. The van der Waals surface area contributed by atoms with Crippen LogP contribution in [0.4, 0.5) is 5.69 Å².